The second-order valence-electron chi connectivity index (χ2n) is 6.82. The monoisotopic (exact) mass is 367 g/mol. The third-order valence-electron chi connectivity index (χ3n) is 4.85. The molecule has 138 valence electrons. The number of fused-ring (bicyclic) bond motifs is 1. The molecule has 8 nitrogen and oxygen atoms in total. The molecule has 1 aliphatic carbocycles. The zero-order valence-corrected chi connectivity index (χ0v) is 15.0. The lowest BCUT2D eigenvalue weighted by atomic mass is 9.83. The van der Waals surface area contributed by atoms with Gasteiger partial charge in [0.2, 0.25) is 0 Å². The van der Waals surface area contributed by atoms with Crippen molar-refractivity contribution in [3.05, 3.63) is 97.0 Å². The minimum Gasteiger partial charge on any atom is -0.347 e. The Kier molecular flexibility index (Phi) is 4.27. The molecule has 2 aliphatic rings. The van der Waals surface area contributed by atoms with Crippen LogP contribution in [0.1, 0.15) is 19.4 Å². The van der Waals surface area contributed by atoms with E-state index in [1.54, 1.807) is 6.08 Å². The van der Waals surface area contributed by atoms with Gasteiger partial charge in [0.05, 0.1) is 15.9 Å². The number of hydrogen-bond acceptors (Lipinski definition) is 6. The van der Waals surface area contributed by atoms with Crippen molar-refractivity contribution in [3.8, 4) is 0 Å². The number of allylic oxidation sites excluding steroid dienone is 6. The Morgan fingerprint density at radius 1 is 1.04 bits per heavy atom. The number of para-hydroxylation sites is 1. The highest BCUT2D eigenvalue weighted by molar-refractivity contribution is 6.10. The molecule has 0 unspecified atom stereocenters. The van der Waals surface area contributed by atoms with Crippen LogP contribution in [-0.2, 0) is 10.2 Å². The van der Waals surface area contributed by atoms with E-state index < -0.39 is 27.0 Å². The number of hydrogen-bond donors (Lipinski definition) is 0. The molecule has 0 aromatic heterocycles. The van der Waals surface area contributed by atoms with Crippen LogP contribution in [0.15, 0.2) is 71.2 Å². The third kappa shape index (κ3) is 2.95. The largest absolute Gasteiger partial charge is 0.347 e. The summed E-state index contributed by atoms with van der Waals surface area (Å²) in [5, 5.41) is 22.1. The zero-order valence-electron chi connectivity index (χ0n) is 15.0. The average molecular weight is 367 g/mol. The zero-order chi connectivity index (χ0) is 19.9. The molecule has 8 heteroatoms. The number of ketones is 1. The third-order valence-corrected chi connectivity index (χ3v) is 4.85. The molecule has 1 aromatic rings. The molecule has 0 fully saturated rings. The Bertz CT molecular complexity index is 998. The Morgan fingerprint density at radius 2 is 1.70 bits per heavy atom. The first kappa shape index (κ1) is 18.2. The van der Waals surface area contributed by atoms with Crippen LogP contribution in [-0.4, -0.2) is 22.7 Å². The van der Waals surface area contributed by atoms with Crippen LogP contribution in [0.2, 0.25) is 0 Å². The molecule has 27 heavy (non-hydrogen) atoms. The Morgan fingerprint density at radius 3 is 2.30 bits per heavy atom. The van der Waals surface area contributed by atoms with E-state index in [4.69, 9.17) is 0 Å². The second-order valence-corrected chi connectivity index (χ2v) is 6.82. The lowest BCUT2D eigenvalue weighted by molar-refractivity contribution is -0.431. The predicted octanol–water partition coefficient (Wildman–Crippen LogP) is 3.13. The highest BCUT2D eigenvalue weighted by Gasteiger charge is 2.38. The van der Waals surface area contributed by atoms with Crippen LogP contribution >= 0.6 is 0 Å². The van der Waals surface area contributed by atoms with Crippen molar-refractivity contribution in [2.75, 3.05) is 11.9 Å². The van der Waals surface area contributed by atoms with Crippen molar-refractivity contribution in [2.24, 2.45) is 0 Å². The van der Waals surface area contributed by atoms with E-state index in [2.05, 4.69) is 0 Å². The van der Waals surface area contributed by atoms with Crippen molar-refractivity contribution in [1.82, 2.24) is 0 Å². The summed E-state index contributed by atoms with van der Waals surface area (Å²) < 4.78 is 0. The minimum atomic E-state index is -0.901. The summed E-state index contributed by atoms with van der Waals surface area (Å²) in [5.41, 5.74) is 1.26. The fourth-order valence-corrected chi connectivity index (χ4v) is 3.46. The van der Waals surface area contributed by atoms with Gasteiger partial charge in [-0.15, -0.1) is 0 Å². The Balaban J connectivity index is 2.07. The molecule has 1 aliphatic heterocycles. The lowest BCUT2D eigenvalue weighted by Gasteiger charge is -2.23. The van der Waals surface area contributed by atoms with Crippen molar-refractivity contribution >= 4 is 11.5 Å². The molecule has 1 heterocycles. The van der Waals surface area contributed by atoms with Crippen molar-refractivity contribution in [2.45, 2.75) is 19.3 Å². The van der Waals surface area contributed by atoms with Crippen LogP contribution in [0.4, 0.5) is 5.69 Å². The summed E-state index contributed by atoms with van der Waals surface area (Å²) in [5.74, 6) is -0.849. The quantitative estimate of drug-likeness (QED) is 0.461. The fourth-order valence-electron chi connectivity index (χ4n) is 3.46. The number of carbonyl (C=O) groups is 1. The van der Waals surface area contributed by atoms with Gasteiger partial charge >= 0.3 is 5.70 Å². The first-order valence-electron chi connectivity index (χ1n) is 8.17. The maximum absolute atomic E-state index is 12.3. The van der Waals surface area contributed by atoms with Gasteiger partial charge in [-0.25, -0.2) is 0 Å². The van der Waals surface area contributed by atoms with Gasteiger partial charge in [-0.2, -0.15) is 0 Å². The Labute approximate surface area is 155 Å². The maximum atomic E-state index is 12.3. The van der Waals surface area contributed by atoms with Crippen LogP contribution < -0.4 is 4.90 Å². The van der Waals surface area contributed by atoms with Gasteiger partial charge in [0.15, 0.2) is 0 Å². The van der Waals surface area contributed by atoms with Gasteiger partial charge < -0.3 is 4.90 Å². The van der Waals surface area contributed by atoms with Crippen LogP contribution in [0.3, 0.4) is 0 Å². The first-order valence-corrected chi connectivity index (χ1v) is 8.17. The van der Waals surface area contributed by atoms with E-state index in [1.165, 1.54) is 6.08 Å². The second kappa shape index (κ2) is 6.31. The highest BCUT2D eigenvalue weighted by atomic mass is 16.6. The van der Waals surface area contributed by atoms with Gasteiger partial charge in [0.25, 0.3) is 11.5 Å². The van der Waals surface area contributed by atoms with Gasteiger partial charge in [0, 0.05) is 35.5 Å². The van der Waals surface area contributed by atoms with Gasteiger partial charge in [-0.1, -0.05) is 32.0 Å². The molecule has 0 bridgehead atoms. The predicted molar refractivity (Wildman–Crippen MR) is 99.2 cm³/mol. The molecule has 0 spiro atoms. The highest BCUT2D eigenvalue weighted by Crippen LogP contribution is 2.46. The normalized spacial score (nSPS) is 21.1. The molecule has 0 saturated heterocycles. The summed E-state index contributed by atoms with van der Waals surface area (Å²) in [6.45, 7) is 4.06. The number of anilines is 1. The van der Waals surface area contributed by atoms with Crippen LogP contribution in [0.25, 0.3) is 0 Å². The van der Waals surface area contributed by atoms with Gasteiger partial charge in [-0.05, 0) is 23.8 Å². The van der Waals surface area contributed by atoms with E-state index in [0.717, 1.165) is 23.0 Å². The molecule has 1 aromatic carbocycles. The number of rotatable bonds is 3. The van der Waals surface area contributed by atoms with E-state index in [-0.39, 0.29) is 11.0 Å². The molecule has 0 N–H and O–H groups in total. The maximum Gasteiger partial charge on any atom is 0.323 e. The minimum absolute atomic E-state index is 0.0939. The number of likely N-dealkylation sites (N-methyl/N-ethyl adjacent to an activating group) is 1. The summed E-state index contributed by atoms with van der Waals surface area (Å²) in [6.07, 6.45) is 4.84. The van der Waals surface area contributed by atoms with Crippen LogP contribution in [0.5, 0.6) is 0 Å². The van der Waals surface area contributed by atoms with Gasteiger partial charge in [0.1, 0.15) is 0 Å². The smallest absolute Gasteiger partial charge is 0.323 e. The average Bonchev–Trinajstić information content (AvgIpc) is 2.80. The topological polar surface area (TPSA) is 107 Å². The van der Waals surface area contributed by atoms with Crippen LogP contribution in [0, 0.1) is 20.2 Å². The first-order chi connectivity index (χ1) is 12.6. The molecule has 0 amide bonds. The van der Waals surface area contributed by atoms with Crippen molar-refractivity contribution in [3.63, 3.8) is 0 Å². The number of nitrogens with zero attached hydrogens (tertiary/aromatic N) is 3. The van der Waals surface area contributed by atoms with Crippen molar-refractivity contribution < 1.29 is 14.6 Å². The molecule has 0 saturated carbocycles. The Hall–Kier alpha value is -3.55. The van der Waals surface area contributed by atoms with Crippen molar-refractivity contribution in [1.29, 1.82) is 0 Å². The lowest BCUT2D eigenvalue weighted by Crippen LogP contribution is -2.23. The molecule has 0 atom stereocenters. The number of nitro groups is 2. The number of benzene rings is 1. The SMILES string of the molecule is CN1/C(=C/C=C2\C=C([N+](=O)[O-])C=C([N+](=O)[O-])C2=O)C(C)(C)c2ccccc21. The fraction of sp³-hybridized carbons (Fsp3) is 0.211. The molecule has 3 rings (SSSR count). The number of carbonyl (C=O) groups excluding carboxylic acids is 1. The summed E-state index contributed by atoms with van der Waals surface area (Å²) in [6, 6.07) is 7.87. The van der Waals surface area contributed by atoms with E-state index in [9.17, 15) is 25.0 Å². The number of Topliss-reactive ketones (excluding diaryl/α,β-unsaturated/α-hetero) is 1. The molecule has 0 radical (unpaired) electrons. The van der Waals surface area contributed by atoms with E-state index in [0.29, 0.717) is 6.08 Å². The molecular weight excluding hydrogens is 350 g/mol. The summed E-state index contributed by atoms with van der Waals surface area (Å²) >= 11 is 0. The van der Waals surface area contributed by atoms with E-state index in [1.807, 2.05) is 50.1 Å². The molecular formula is C19H17N3O5. The standard InChI is InChI=1S/C19H17N3O5/c1-19(2)14-6-4-5-7-15(14)20(3)17(19)9-8-12-10-13(21(24)25)11-16(18(12)23)22(26)27/h4-11H,1-3H3/b12-8+,17-9+. The summed E-state index contributed by atoms with van der Waals surface area (Å²) in [4.78, 5) is 34.7. The summed E-state index contributed by atoms with van der Waals surface area (Å²) in [7, 11) is 1.89. The van der Waals surface area contributed by atoms with Gasteiger partial charge in [-0.3, -0.25) is 25.0 Å². The van der Waals surface area contributed by atoms with E-state index >= 15 is 0 Å².